The fourth-order valence-electron chi connectivity index (χ4n) is 2.98. The quantitative estimate of drug-likeness (QED) is 0.844. The molecule has 23 heavy (non-hydrogen) atoms. The predicted octanol–water partition coefficient (Wildman–Crippen LogP) is 1.31. The fraction of sp³-hybridized carbons (Fsp3) is 0.625. The highest BCUT2D eigenvalue weighted by Crippen LogP contribution is 2.25. The van der Waals surface area contributed by atoms with Crippen molar-refractivity contribution in [2.75, 3.05) is 40.0 Å². The molecule has 1 fully saturated rings. The van der Waals surface area contributed by atoms with Gasteiger partial charge in [-0.3, -0.25) is 4.90 Å². The van der Waals surface area contributed by atoms with Crippen LogP contribution in [0.2, 0.25) is 0 Å². The van der Waals surface area contributed by atoms with E-state index in [2.05, 4.69) is 9.62 Å². The zero-order valence-electron chi connectivity index (χ0n) is 14.3. The number of hydrogen-bond donors (Lipinski definition) is 1. The summed E-state index contributed by atoms with van der Waals surface area (Å²) in [5.74, 6) is 0.667. The molecule has 0 aromatic heterocycles. The van der Waals surface area contributed by atoms with E-state index >= 15 is 0 Å². The SMILES string of the molecule is COc1cc(C)c(S(=O)(=O)N[C@@H](C)CN2CCOCC2)c(C)c1. The number of ether oxygens (including phenoxy) is 2. The molecule has 1 heterocycles. The first-order chi connectivity index (χ1) is 10.8. The number of sulfonamides is 1. The molecule has 7 heteroatoms. The molecule has 0 saturated carbocycles. The van der Waals surface area contributed by atoms with Crippen LogP contribution in [0.25, 0.3) is 0 Å². The molecule has 130 valence electrons. The molecule has 0 spiro atoms. The van der Waals surface area contributed by atoms with Crippen LogP contribution in [0.5, 0.6) is 5.75 Å². The third kappa shape index (κ3) is 4.67. The van der Waals surface area contributed by atoms with Gasteiger partial charge in [-0.1, -0.05) is 0 Å². The lowest BCUT2D eigenvalue weighted by Crippen LogP contribution is -2.46. The molecule has 0 aliphatic carbocycles. The summed E-state index contributed by atoms with van der Waals surface area (Å²) in [6, 6.07) is 3.32. The minimum absolute atomic E-state index is 0.168. The van der Waals surface area contributed by atoms with E-state index < -0.39 is 10.0 Å². The average molecular weight is 342 g/mol. The van der Waals surface area contributed by atoms with E-state index in [-0.39, 0.29) is 6.04 Å². The second kappa shape index (κ2) is 7.61. The Balaban J connectivity index is 2.12. The molecule has 0 amide bonds. The predicted molar refractivity (Wildman–Crippen MR) is 89.5 cm³/mol. The van der Waals surface area contributed by atoms with E-state index in [0.29, 0.717) is 41.5 Å². The summed E-state index contributed by atoms with van der Waals surface area (Å²) >= 11 is 0. The van der Waals surface area contributed by atoms with Crippen molar-refractivity contribution >= 4 is 10.0 Å². The van der Waals surface area contributed by atoms with E-state index in [1.165, 1.54) is 0 Å². The highest BCUT2D eigenvalue weighted by molar-refractivity contribution is 7.89. The summed E-state index contributed by atoms with van der Waals surface area (Å²) in [5, 5.41) is 0. The molecule has 1 aromatic carbocycles. The number of morpholine rings is 1. The van der Waals surface area contributed by atoms with Crippen molar-refractivity contribution in [3.63, 3.8) is 0 Å². The summed E-state index contributed by atoms with van der Waals surface area (Å²) in [7, 11) is -1.99. The van der Waals surface area contributed by atoms with Gasteiger partial charge < -0.3 is 9.47 Å². The van der Waals surface area contributed by atoms with Gasteiger partial charge in [0, 0.05) is 25.7 Å². The summed E-state index contributed by atoms with van der Waals surface area (Å²) in [6.45, 7) is 9.23. The first kappa shape index (κ1) is 18.2. The van der Waals surface area contributed by atoms with Crippen LogP contribution in [-0.4, -0.2) is 59.3 Å². The van der Waals surface area contributed by atoms with E-state index in [1.54, 1.807) is 33.1 Å². The number of benzene rings is 1. The van der Waals surface area contributed by atoms with Crippen molar-refractivity contribution < 1.29 is 17.9 Å². The Hall–Kier alpha value is -1.15. The van der Waals surface area contributed by atoms with Crippen LogP contribution in [0.1, 0.15) is 18.1 Å². The second-order valence-corrected chi connectivity index (χ2v) is 7.68. The van der Waals surface area contributed by atoms with Gasteiger partial charge in [0.25, 0.3) is 0 Å². The van der Waals surface area contributed by atoms with Crippen molar-refractivity contribution in [1.29, 1.82) is 0 Å². The molecule has 0 bridgehead atoms. The highest BCUT2D eigenvalue weighted by atomic mass is 32.2. The van der Waals surface area contributed by atoms with Crippen LogP contribution in [0.15, 0.2) is 17.0 Å². The molecule has 0 unspecified atom stereocenters. The van der Waals surface area contributed by atoms with Crippen LogP contribution in [0.3, 0.4) is 0 Å². The zero-order valence-corrected chi connectivity index (χ0v) is 15.1. The third-order valence-corrected chi connectivity index (χ3v) is 5.82. The topological polar surface area (TPSA) is 67.9 Å². The first-order valence-electron chi connectivity index (χ1n) is 7.81. The number of methoxy groups -OCH3 is 1. The van der Waals surface area contributed by atoms with Crippen molar-refractivity contribution in [2.45, 2.75) is 31.7 Å². The van der Waals surface area contributed by atoms with Crippen molar-refractivity contribution in [1.82, 2.24) is 9.62 Å². The lowest BCUT2D eigenvalue weighted by molar-refractivity contribution is 0.0354. The number of rotatable bonds is 6. The molecule has 1 N–H and O–H groups in total. The van der Waals surface area contributed by atoms with Crippen LogP contribution >= 0.6 is 0 Å². The summed E-state index contributed by atoms with van der Waals surface area (Å²) in [6.07, 6.45) is 0. The van der Waals surface area contributed by atoms with Gasteiger partial charge in [0.2, 0.25) is 10.0 Å². The molecule has 1 aliphatic heterocycles. The maximum atomic E-state index is 12.7. The maximum absolute atomic E-state index is 12.7. The maximum Gasteiger partial charge on any atom is 0.241 e. The lowest BCUT2D eigenvalue weighted by Gasteiger charge is -2.29. The molecular weight excluding hydrogens is 316 g/mol. The molecule has 1 atom stereocenters. The minimum Gasteiger partial charge on any atom is -0.497 e. The Labute approximate surface area is 138 Å². The Bertz CT molecular complexity index is 616. The normalized spacial score (nSPS) is 17.9. The van der Waals surface area contributed by atoms with Gasteiger partial charge in [-0.25, -0.2) is 13.1 Å². The lowest BCUT2D eigenvalue weighted by atomic mass is 10.1. The van der Waals surface area contributed by atoms with Crippen LogP contribution in [-0.2, 0) is 14.8 Å². The average Bonchev–Trinajstić information content (AvgIpc) is 2.46. The second-order valence-electron chi connectivity index (χ2n) is 6.03. The van der Waals surface area contributed by atoms with Gasteiger partial charge in [-0.2, -0.15) is 0 Å². The fourth-order valence-corrected chi connectivity index (χ4v) is 4.67. The molecule has 0 radical (unpaired) electrons. The Morgan fingerprint density at radius 2 is 1.83 bits per heavy atom. The van der Waals surface area contributed by atoms with E-state index in [1.807, 2.05) is 6.92 Å². The van der Waals surface area contributed by atoms with Crippen molar-refractivity contribution in [3.8, 4) is 5.75 Å². The summed E-state index contributed by atoms with van der Waals surface area (Å²) in [5.41, 5.74) is 1.38. The van der Waals surface area contributed by atoms with Crippen LogP contribution in [0, 0.1) is 13.8 Å². The van der Waals surface area contributed by atoms with Gasteiger partial charge in [0.15, 0.2) is 0 Å². The molecule has 1 aromatic rings. The van der Waals surface area contributed by atoms with Gasteiger partial charge in [0.1, 0.15) is 5.75 Å². The molecule has 6 nitrogen and oxygen atoms in total. The van der Waals surface area contributed by atoms with E-state index in [9.17, 15) is 8.42 Å². The Morgan fingerprint density at radius 3 is 2.35 bits per heavy atom. The summed E-state index contributed by atoms with van der Waals surface area (Å²) < 4.78 is 38.8. The zero-order chi connectivity index (χ0) is 17.0. The number of hydrogen-bond acceptors (Lipinski definition) is 5. The molecule has 1 aliphatic rings. The number of aryl methyl sites for hydroxylation is 2. The molecular formula is C16H26N2O4S. The number of nitrogens with one attached hydrogen (secondary N) is 1. The van der Waals surface area contributed by atoms with E-state index in [4.69, 9.17) is 9.47 Å². The van der Waals surface area contributed by atoms with Gasteiger partial charge in [-0.05, 0) is 44.0 Å². The standard InChI is InChI=1S/C16H26N2O4S/c1-12-9-15(21-4)10-13(2)16(12)23(19,20)17-14(3)11-18-5-7-22-8-6-18/h9-10,14,17H,5-8,11H2,1-4H3/t14-/m0/s1. The van der Waals surface area contributed by atoms with Crippen LogP contribution in [0.4, 0.5) is 0 Å². The van der Waals surface area contributed by atoms with Crippen molar-refractivity contribution in [3.05, 3.63) is 23.3 Å². The monoisotopic (exact) mass is 342 g/mol. The third-order valence-electron chi connectivity index (χ3n) is 3.93. The Kier molecular flexibility index (Phi) is 6.02. The number of nitrogens with zero attached hydrogens (tertiary/aromatic N) is 1. The minimum atomic E-state index is -3.56. The molecule has 1 saturated heterocycles. The van der Waals surface area contributed by atoms with Crippen LogP contribution < -0.4 is 9.46 Å². The van der Waals surface area contributed by atoms with Gasteiger partial charge in [0.05, 0.1) is 25.2 Å². The Morgan fingerprint density at radius 1 is 1.26 bits per heavy atom. The van der Waals surface area contributed by atoms with E-state index in [0.717, 1.165) is 13.1 Å². The first-order valence-corrected chi connectivity index (χ1v) is 9.29. The van der Waals surface area contributed by atoms with Gasteiger partial charge in [-0.15, -0.1) is 0 Å². The summed E-state index contributed by atoms with van der Waals surface area (Å²) in [4.78, 5) is 2.55. The van der Waals surface area contributed by atoms with Gasteiger partial charge >= 0.3 is 0 Å². The highest BCUT2D eigenvalue weighted by Gasteiger charge is 2.24. The smallest absolute Gasteiger partial charge is 0.241 e. The molecule has 2 rings (SSSR count). The largest absolute Gasteiger partial charge is 0.497 e. The van der Waals surface area contributed by atoms with Crippen molar-refractivity contribution in [2.24, 2.45) is 0 Å².